The van der Waals surface area contributed by atoms with E-state index >= 15 is 0 Å². The normalized spacial score (nSPS) is 12.9. The van der Waals surface area contributed by atoms with Crippen LogP contribution in [0.3, 0.4) is 0 Å². The Morgan fingerprint density at radius 3 is 2.50 bits per heavy atom. The molecule has 0 radical (unpaired) electrons. The Hall–Kier alpha value is -2.66. The van der Waals surface area contributed by atoms with Gasteiger partial charge in [0.2, 0.25) is 5.91 Å². The highest BCUT2D eigenvalue weighted by molar-refractivity contribution is 5.94. The summed E-state index contributed by atoms with van der Waals surface area (Å²) in [5, 5.41) is 5.81. The molecule has 0 bridgehead atoms. The van der Waals surface area contributed by atoms with Crippen molar-refractivity contribution in [3.8, 4) is 0 Å². The highest BCUT2D eigenvalue weighted by Crippen LogP contribution is 2.13. The fourth-order valence-electron chi connectivity index (χ4n) is 2.52. The van der Waals surface area contributed by atoms with Gasteiger partial charge in [-0.15, -0.1) is 0 Å². The number of amides is 2. The molecule has 0 heterocycles. The largest absolute Gasteiger partial charge is 0.352 e. The number of carbonyl (C=O) groups is 2. The molecule has 26 heavy (non-hydrogen) atoms. The van der Waals surface area contributed by atoms with E-state index in [1.807, 2.05) is 56.3 Å². The first-order valence-electron chi connectivity index (χ1n) is 8.96. The molecule has 4 N–H and O–H groups in total. The van der Waals surface area contributed by atoms with Gasteiger partial charge in [-0.05, 0) is 36.6 Å². The Labute approximate surface area is 155 Å². The molecule has 0 aliphatic heterocycles. The van der Waals surface area contributed by atoms with Crippen LogP contribution >= 0.6 is 0 Å². The second kappa shape index (κ2) is 9.73. The molecule has 0 aromatic heterocycles. The summed E-state index contributed by atoms with van der Waals surface area (Å²) < 4.78 is 0. The summed E-state index contributed by atoms with van der Waals surface area (Å²) in [6.07, 6.45) is 1.10. The fourth-order valence-corrected chi connectivity index (χ4v) is 2.52. The average Bonchev–Trinajstić information content (AvgIpc) is 2.67. The molecule has 0 spiro atoms. The lowest BCUT2D eigenvalue weighted by atomic mass is 10.0. The van der Waals surface area contributed by atoms with Gasteiger partial charge in [0.15, 0.2) is 0 Å². The Morgan fingerprint density at radius 2 is 1.81 bits per heavy atom. The van der Waals surface area contributed by atoms with Crippen molar-refractivity contribution in [2.75, 3.05) is 0 Å². The molecule has 2 atom stereocenters. The number of hydrogen-bond donors (Lipinski definition) is 3. The predicted octanol–water partition coefficient (Wildman–Crippen LogP) is 2.92. The van der Waals surface area contributed by atoms with Crippen LogP contribution in [0.2, 0.25) is 0 Å². The second-order valence-electron chi connectivity index (χ2n) is 6.48. The minimum atomic E-state index is -0.330. The molecule has 5 nitrogen and oxygen atoms in total. The van der Waals surface area contributed by atoms with Gasteiger partial charge in [0.1, 0.15) is 0 Å². The number of benzene rings is 2. The SMILES string of the molecule is CCC(C)NC(=O)c1cccc(CNC(=O)CC(N)c2ccccc2)c1. The van der Waals surface area contributed by atoms with Crippen molar-refractivity contribution in [2.24, 2.45) is 5.73 Å². The maximum Gasteiger partial charge on any atom is 0.251 e. The standard InChI is InChI=1S/C21H27N3O2/c1-3-15(2)24-21(26)18-11-7-8-16(12-18)14-23-20(25)13-19(22)17-9-5-4-6-10-17/h4-12,15,19H,3,13-14,22H2,1-2H3,(H,23,25)(H,24,26). The Balaban J connectivity index is 1.88. The fraction of sp³-hybridized carbons (Fsp3) is 0.333. The highest BCUT2D eigenvalue weighted by Gasteiger charge is 2.12. The smallest absolute Gasteiger partial charge is 0.251 e. The molecule has 0 aliphatic carbocycles. The summed E-state index contributed by atoms with van der Waals surface area (Å²) in [5.74, 6) is -0.213. The van der Waals surface area contributed by atoms with Gasteiger partial charge in [-0.2, -0.15) is 0 Å². The minimum absolute atomic E-state index is 0.0985. The molecular formula is C21H27N3O2. The molecule has 2 unspecified atom stereocenters. The van der Waals surface area contributed by atoms with E-state index in [1.165, 1.54) is 0 Å². The van der Waals surface area contributed by atoms with Crippen molar-refractivity contribution in [3.63, 3.8) is 0 Å². The summed E-state index contributed by atoms with van der Waals surface area (Å²) in [4.78, 5) is 24.3. The monoisotopic (exact) mass is 353 g/mol. The summed E-state index contributed by atoms with van der Waals surface area (Å²) in [5.41, 5.74) is 8.48. The topological polar surface area (TPSA) is 84.2 Å². The Bertz CT molecular complexity index is 731. The van der Waals surface area contributed by atoms with E-state index in [1.54, 1.807) is 12.1 Å². The van der Waals surface area contributed by atoms with Crippen LogP contribution in [-0.2, 0) is 11.3 Å². The van der Waals surface area contributed by atoms with Crippen LogP contribution in [-0.4, -0.2) is 17.9 Å². The third-order valence-electron chi connectivity index (χ3n) is 4.30. The summed E-state index contributed by atoms with van der Waals surface area (Å²) >= 11 is 0. The number of nitrogens with two attached hydrogens (primary N) is 1. The average molecular weight is 353 g/mol. The zero-order chi connectivity index (χ0) is 18.9. The van der Waals surface area contributed by atoms with Crippen LogP contribution in [0.1, 0.15) is 54.2 Å². The highest BCUT2D eigenvalue weighted by atomic mass is 16.2. The first kappa shape index (κ1) is 19.7. The van der Waals surface area contributed by atoms with Gasteiger partial charge in [0, 0.05) is 30.6 Å². The number of rotatable bonds is 8. The van der Waals surface area contributed by atoms with Crippen molar-refractivity contribution < 1.29 is 9.59 Å². The first-order chi connectivity index (χ1) is 12.5. The van der Waals surface area contributed by atoms with E-state index in [0.717, 1.165) is 17.5 Å². The van der Waals surface area contributed by atoms with E-state index < -0.39 is 0 Å². The molecule has 2 rings (SSSR count). The van der Waals surface area contributed by atoms with Gasteiger partial charge in [-0.25, -0.2) is 0 Å². The van der Waals surface area contributed by atoms with E-state index in [4.69, 9.17) is 5.73 Å². The zero-order valence-electron chi connectivity index (χ0n) is 15.4. The van der Waals surface area contributed by atoms with Gasteiger partial charge < -0.3 is 16.4 Å². The number of nitrogens with one attached hydrogen (secondary N) is 2. The molecule has 2 aromatic carbocycles. The van der Waals surface area contributed by atoms with Gasteiger partial charge >= 0.3 is 0 Å². The molecule has 2 aromatic rings. The van der Waals surface area contributed by atoms with Gasteiger partial charge in [0.25, 0.3) is 5.91 Å². The van der Waals surface area contributed by atoms with E-state index in [9.17, 15) is 9.59 Å². The molecule has 138 valence electrons. The first-order valence-corrected chi connectivity index (χ1v) is 8.96. The molecule has 0 fully saturated rings. The second-order valence-corrected chi connectivity index (χ2v) is 6.48. The van der Waals surface area contributed by atoms with Crippen molar-refractivity contribution in [1.82, 2.24) is 10.6 Å². The molecule has 0 saturated heterocycles. The van der Waals surface area contributed by atoms with Gasteiger partial charge in [0.05, 0.1) is 0 Å². The molecule has 5 heteroatoms. The number of carbonyl (C=O) groups excluding carboxylic acids is 2. The third kappa shape index (κ3) is 6.01. The maximum atomic E-state index is 12.2. The molecule has 0 saturated carbocycles. The van der Waals surface area contributed by atoms with Crippen LogP contribution in [0.25, 0.3) is 0 Å². The van der Waals surface area contributed by atoms with E-state index in [-0.39, 0.29) is 30.3 Å². The van der Waals surface area contributed by atoms with Crippen molar-refractivity contribution in [3.05, 3.63) is 71.3 Å². The Kier molecular flexibility index (Phi) is 7.36. The van der Waals surface area contributed by atoms with Crippen molar-refractivity contribution in [1.29, 1.82) is 0 Å². The summed E-state index contributed by atoms with van der Waals surface area (Å²) in [7, 11) is 0. The third-order valence-corrected chi connectivity index (χ3v) is 4.30. The van der Waals surface area contributed by atoms with Gasteiger partial charge in [-0.1, -0.05) is 49.4 Å². The van der Waals surface area contributed by atoms with Gasteiger partial charge in [-0.3, -0.25) is 9.59 Å². The van der Waals surface area contributed by atoms with Crippen LogP contribution in [0.5, 0.6) is 0 Å². The predicted molar refractivity (Wildman–Crippen MR) is 103 cm³/mol. The quantitative estimate of drug-likeness (QED) is 0.682. The molecule has 2 amide bonds. The maximum absolute atomic E-state index is 12.2. The van der Waals surface area contributed by atoms with Crippen LogP contribution in [0.4, 0.5) is 0 Å². The summed E-state index contributed by atoms with van der Waals surface area (Å²) in [6.45, 7) is 4.36. The van der Waals surface area contributed by atoms with Crippen molar-refractivity contribution in [2.45, 2.75) is 45.3 Å². The zero-order valence-corrected chi connectivity index (χ0v) is 15.4. The van der Waals surface area contributed by atoms with Crippen molar-refractivity contribution >= 4 is 11.8 Å². The molecular weight excluding hydrogens is 326 g/mol. The number of hydrogen-bond acceptors (Lipinski definition) is 3. The Morgan fingerprint density at radius 1 is 1.08 bits per heavy atom. The molecule has 0 aliphatic rings. The van der Waals surface area contributed by atoms with Crippen LogP contribution in [0.15, 0.2) is 54.6 Å². The lowest BCUT2D eigenvalue weighted by Gasteiger charge is -2.13. The minimum Gasteiger partial charge on any atom is -0.352 e. The van der Waals surface area contributed by atoms with Crippen LogP contribution < -0.4 is 16.4 Å². The summed E-state index contributed by atoms with van der Waals surface area (Å²) in [6, 6.07) is 16.6. The van der Waals surface area contributed by atoms with Crippen LogP contribution in [0, 0.1) is 0 Å². The lowest BCUT2D eigenvalue weighted by Crippen LogP contribution is -2.32. The van der Waals surface area contributed by atoms with E-state index in [2.05, 4.69) is 10.6 Å². The lowest BCUT2D eigenvalue weighted by molar-refractivity contribution is -0.121. The van der Waals surface area contributed by atoms with E-state index in [0.29, 0.717) is 12.1 Å².